The van der Waals surface area contributed by atoms with Gasteiger partial charge in [0.2, 0.25) is 0 Å². The van der Waals surface area contributed by atoms with E-state index in [0.717, 1.165) is 19.0 Å². The third kappa shape index (κ3) is 6.62. The largest absolute Gasteiger partial charge is 0.496 e. The van der Waals surface area contributed by atoms with Crippen LogP contribution in [0.5, 0.6) is 11.5 Å². The summed E-state index contributed by atoms with van der Waals surface area (Å²) in [5.74, 6) is 1.50. The van der Waals surface area contributed by atoms with Crippen LogP contribution in [0.15, 0.2) is 42.5 Å². The average molecular weight is 510 g/mol. The Kier molecular flexibility index (Phi) is 8.71. The number of likely N-dealkylation sites (N-methyl/N-ethyl adjacent to an activating group) is 1. The Hall–Kier alpha value is -3.10. The highest BCUT2D eigenvalue weighted by Gasteiger charge is 2.31. The Morgan fingerprint density at radius 3 is 2.57 bits per heavy atom. The number of hydrogen-bond donors (Lipinski definition) is 1. The number of carbonyl (C=O) groups excluding carboxylic acids is 2. The highest BCUT2D eigenvalue weighted by molar-refractivity contribution is 6.07. The van der Waals surface area contributed by atoms with E-state index in [1.165, 1.54) is 20.0 Å². The molecule has 1 fully saturated rings. The summed E-state index contributed by atoms with van der Waals surface area (Å²) in [6.07, 6.45) is 2.48. The number of anilines is 1. The van der Waals surface area contributed by atoms with Crippen molar-refractivity contribution in [3.05, 3.63) is 53.6 Å². The molecule has 0 aromatic heterocycles. The molecule has 2 aliphatic rings. The number of carbonyl (C=O) groups is 2. The Labute approximate surface area is 219 Å². The van der Waals surface area contributed by atoms with E-state index < -0.39 is 0 Å². The number of nitrogens with zero attached hydrogens (tertiary/aromatic N) is 2. The maximum atomic E-state index is 13.6. The smallest absolute Gasteiger partial charge is 0.259 e. The molecule has 200 valence electrons. The quantitative estimate of drug-likeness (QED) is 0.630. The van der Waals surface area contributed by atoms with E-state index in [-0.39, 0.29) is 29.9 Å². The molecule has 37 heavy (non-hydrogen) atoms. The Bertz CT molecular complexity index is 1100. The number of benzene rings is 2. The van der Waals surface area contributed by atoms with Crippen molar-refractivity contribution in [2.24, 2.45) is 11.8 Å². The van der Waals surface area contributed by atoms with E-state index in [1.54, 1.807) is 55.5 Å². The van der Waals surface area contributed by atoms with Crippen molar-refractivity contribution in [1.82, 2.24) is 9.80 Å². The summed E-state index contributed by atoms with van der Waals surface area (Å²) < 4.78 is 17.4. The predicted molar refractivity (Wildman–Crippen MR) is 144 cm³/mol. The van der Waals surface area contributed by atoms with Gasteiger partial charge >= 0.3 is 0 Å². The molecule has 0 radical (unpaired) electrons. The molecule has 2 amide bonds. The third-order valence-corrected chi connectivity index (χ3v) is 7.37. The fourth-order valence-corrected chi connectivity index (χ4v) is 4.85. The second-order valence-corrected chi connectivity index (χ2v) is 10.4. The van der Waals surface area contributed by atoms with Crippen molar-refractivity contribution in [2.75, 3.05) is 52.8 Å². The molecule has 1 heterocycles. The van der Waals surface area contributed by atoms with E-state index in [4.69, 9.17) is 14.2 Å². The molecule has 3 atom stereocenters. The molecule has 2 aromatic rings. The Morgan fingerprint density at radius 2 is 1.86 bits per heavy atom. The van der Waals surface area contributed by atoms with Crippen molar-refractivity contribution in [2.45, 2.75) is 38.8 Å². The van der Waals surface area contributed by atoms with Crippen molar-refractivity contribution in [3.8, 4) is 11.5 Å². The van der Waals surface area contributed by atoms with E-state index in [0.29, 0.717) is 41.5 Å². The molecule has 0 saturated heterocycles. The first-order chi connectivity index (χ1) is 17.8. The summed E-state index contributed by atoms with van der Waals surface area (Å²) >= 11 is 0. The van der Waals surface area contributed by atoms with Crippen LogP contribution in [0.4, 0.5) is 5.69 Å². The first-order valence-electron chi connectivity index (χ1n) is 13.0. The molecular formula is C29H39N3O5. The average Bonchev–Trinajstić information content (AvgIpc) is 3.73. The molecule has 1 saturated carbocycles. The molecule has 1 N–H and O–H groups in total. The second-order valence-electron chi connectivity index (χ2n) is 10.4. The lowest BCUT2D eigenvalue weighted by atomic mass is 10.0. The van der Waals surface area contributed by atoms with Gasteiger partial charge in [0, 0.05) is 45.5 Å². The maximum absolute atomic E-state index is 13.6. The molecule has 4 rings (SSSR count). The molecule has 1 aliphatic carbocycles. The van der Waals surface area contributed by atoms with Gasteiger partial charge in [0.15, 0.2) is 0 Å². The van der Waals surface area contributed by atoms with Gasteiger partial charge in [0.05, 0.1) is 24.3 Å². The van der Waals surface area contributed by atoms with Crippen LogP contribution in [0, 0.1) is 11.8 Å². The lowest BCUT2D eigenvalue weighted by molar-refractivity contribution is 0.00994. The highest BCUT2D eigenvalue weighted by atomic mass is 16.5. The van der Waals surface area contributed by atoms with E-state index in [1.807, 2.05) is 6.07 Å². The van der Waals surface area contributed by atoms with Gasteiger partial charge in [-0.25, -0.2) is 0 Å². The van der Waals surface area contributed by atoms with Gasteiger partial charge in [0.1, 0.15) is 18.1 Å². The van der Waals surface area contributed by atoms with Gasteiger partial charge in [-0.3, -0.25) is 14.5 Å². The van der Waals surface area contributed by atoms with Crippen LogP contribution < -0.4 is 14.8 Å². The summed E-state index contributed by atoms with van der Waals surface area (Å²) in [6, 6.07) is 12.4. The number of rotatable bonds is 6. The van der Waals surface area contributed by atoms with Crippen LogP contribution in [0.25, 0.3) is 0 Å². The third-order valence-electron chi connectivity index (χ3n) is 7.37. The highest BCUT2D eigenvalue weighted by Crippen LogP contribution is 2.32. The Balaban J connectivity index is 1.61. The van der Waals surface area contributed by atoms with Gasteiger partial charge in [0.25, 0.3) is 11.8 Å². The molecule has 8 heteroatoms. The summed E-state index contributed by atoms with van der Waals surface area (Å²) in [6.45, 7) is 7.24. The number of fused-ring (bicyclic) bond motifs is 1. The zero-order valence-corrected chi connectivity index (χ0v) is 22.5. The molecule has 0 unspecified atom stereocenters. The minimum absolute atomic E-state index is 0.0971. The van der Waals surface area contributed by atoms with Crippen molar-refractivity contribution in [1.29, 1.82) is 0 Å². The number of para-hydroxylation sites is 1. The number of amides is 2. The predicted octanol–water partition coefficient (Wildman–Crippen LogP) is 4.16. The van der Waals surface area contributed by atoms with Gasteiger partial charge < -0.3 is 24.4 Å². The fraction of sp³-hybridized carbons (Fsp3) is 0.517. The number of methoxy groups -OCH3 is 2. The van der Waals surface area contributed by atoms with Gasteiger partial charge in [-0.2, -0.15) is 0 Å². The molecule has 8 nitrogen and oxygen atoms in total. The van der Waals surface area contributed by atoms with Crippen LogP contribution in [0.2, 0.25) is 0 Å². The van der Waals surface area contributed by atoms with E-state index >= 15 is 0 Å². The summed E-state index contributed by atoms with van der Waals surface area (Å²) in [7, 11) is 5.02. The summed E-state index contributed by atoms with van der Waals surface area (Å²) in [5, 5.41) is 2.90. The fourth-order valence-electron chi connectivity index (χ4n) is 4.85. The van der Waals surface area contributed by atoms with E-state index in [9.17, 15) is 9.59 Å². The van der Waals surface area contributed by atoms with Crippen molar-refractivity contribution < 1.29 is 23.8 Å². The standard InChI is InChI=1S/C29H39N3O5/c1-19-15-32(16-21-10-11-21)20(2)18-37-26-13-12-22(14-24(26)29(34)31(3)17-27(19)36-5)30-28(33)23-8-6-7-9-25(23)35-4/h6-9,12-14,19-21,27H,10-11,15-18H2,1-5H3,(H,30,33)/t19-,20+,27-/m1/s1. The molecule has 2 aromatic carbocycles. The molecule has 1 aliphatic heterocycles. The van der Waals surface area contributed by atoms with Crippen molar-refractivity contribution in [3.63, 3.8) is 0 Å². The topological polar surface area (TPSA) is 80.3 Å². The molecular weight excluding hydrogens is 470 g/mol. The molecule has 0 spiro atoms. The summed E-state index contributed by atoms with van der Waals surface area (Å²) in [5.41, 5.74) is 1.33. The van der Waals surface area contributed by atoms with Crippen LogP contribution in [-0.4, -0.2) is 81.3 Å². The summed E-state index contributed by atoms with van der Waals surface area (Å²) in [4.78, 5) is 30.7. The monoisotopic (exact) mass is 509 g/mol. The number of hydrogen-bond acceptors (Lipinski definition) is 6. The van der Waals surface area contributed by atoms with Gasteiger partial charge in [-0.15, -0.1) is 0 Å². The lowest BCUT2D eigenvalue weighted by Gasteiger charge is -2.36. The van der Waals surface area contributed by atoms with Crippen molar-refractivity contribution >= 4 is 17.5 Å². The van der Waals surface area contributed by atoms with Crippen LogP contribution in [0.3, 0.4) is 0 Å². The minimum Gasteiger partial charge on any atom is -0.496 e. The van der Waals surface area contributed by atoms with Crippen LogP contribution in [0.1, 0.15) is 47.4 Å². The first kappa shape index (κ1) is 26.9. The van der Waals surface area contributed by atoms with E-state index in [2.05, 4.69) is 24.1 Å². The van der Waals surface area contributed by atoms with Crippen LogP contribution in [-0.2, 0) is 4.74 Å². The molecule has 0 bridgehead atoms. The second kappa shape index (κ2) is 12.0. The van der Waals surface area contributed by atoms with Gasteiger partial charge in [-0.05, 0) is 61.9 Å². The zero-order valence-electron chi connectivity index (χ0n) is 22.5. The Morgan fingerprint density at radius 1 is 1.11 bits per heavy atom. The number of ether oxygens (including phenoxy) is 3. The minimum atomic E-state index is -0.315. The lowest BCUT2D eigenvalue weighted by Crippen LogP contribution is -2.47. The number of nitrogens with one attached hydrogen (secondary N) is 1. The first-order valence-corrected chi connectivity index (χ1v) is 13.0. The normalized spacial score (nSPS) is 23.3. The van der Waals surface area contributed by atoms with Gasteiger partial charge in [-0.1, -0.05) is 19.1 Å². The van der Waals surface area contributed by atoms with Crippen LogP contribution >= 0.6 is 0 Å². The maximum Gasteiger partial charge on any atom is 0.259 e. The zero-order chi connectivity index (χ0) is 26.5. The SMILES string of the molecule is COc1ccccc1C(=O)Nc1ccc2c(c1)C(=O)N(C)C[C@@H](OC)[C@H](C)CN(CC1CC1)[C@@H](C)CO2.